The first-order valence-corrected chi connectivity index (χ1v) is 12.4. The quantitative estimate of drug-likeness (QED) is 0.539. The molecule has 186 valence electrons. The topological polar surface area (TPSA) is 92.5 Å². The molecular formula is C25H31ClN6O3. The maximum atomic E-state index is 12.7. The minimum atomic E-state index is -0.279. The highest BCUT2D eigenvalue weighted by Gasteiger charge is 2.23. The van der Waals surface area contributed by atoms with Crippen LogP contribution in [0.5, 0.6) is 0 Å². The van der Waals surface area contributed by atoms with Gasteiger partial charge in [0, 0.05) is 62.8 Å². The number of fused-ring (bicyclic) bond motifs is 1. The Labute approximate surface area is 209 Å². The summed E-state index contributed by atoms with van der Waals surface area (Å²) in [7, 11) is 0. The number of aryl methyl sites for hydroxylation is 3. The third kappa shape index (κ3) is 5.19. The molecule has 3 heterocycles. The van der Waals surface area contributed by atoms with E-state index in [-0.39, 0.29) is 30.3 Å². The summed E-state index contributed by atoms with van der Waals surface area (Å²) in [6, 6.07) is 9.32. The average molecular weight is 499 g/mol. The van der Waals surface area contributed by atoms with Crippen LogP contribution in [-0.2, 0) is 22.7 Å². The molecule has 1 aliphatic rings. The number of nitrogens with one attached hydrogen (secondary N) is 1. The summed E-state index contributed by atoms with van der Waals surface area (Å²) in [5.74, 6) is 0.0560. The Morgan fingerprint density at radius 1 is 1.00 bits per heavy atom. The van der Waals surface area contributed by atoms with E-state index in [2.05, 4.69) is 22.1 Å². The maximum Gasteiger partial charge on any atom is 0.330 e. The van der Waals surface area contributed by atoms with Crippen molar-refractivity contribution >= 4 is 46.1 Å². The van der Waals surface area contributed by atoms with E-state index in [1.807, 2.05) is 32.0 Å². The molecule has 10 heteroatoms. The Morgan fingerprint density at radius 2 is 1.71 bits per heavy atom. The minimum absolute atomic E-state index is 0.0362. The van der Waals surface area contributed by atoms with Gasteiger partial charge in [0.05, 0.1) is 5.52 Å². The van der Waals surface area contributed by atoms with Gasteiger partial charge in [-0.1, -0.05) is 17.7 Å². The predicted octanol–water partition coefficient (Wildman–Crippen LogP) is 3.27. The van der Waals surface area contributed by atoms with Crippen molar-refractivity contribution in [3.8, 4) is 0 Å². The zero-order valence-corrected chi connectivity index (χ0v) is 21.1. The number of hydrogen-bond donors (Lipinski definition) is 1. The highest BCUT2D eigenvalue weighted by molar-refractivity contribution is 6.30. The smallest absolute Gasteiger partial charge is 0.330 e. The molecule has 1 fully saturated rings. The number of carbonyl (C=O) groups is 2. The van der Waals surface area contributed by atoms with Crippen LogP contribution in [0.4, 0.5) is 11.5 Å². The first-order chi connectivity index (χ1) is 16.8. The molecule has 1 saturated heterocycles. The van der Waals surface area contributed by atoms with Crippen molar-refractivity contribution < 1.29 is 9.59 Å². The fourth-order valence-corrected chi connectivity index (χ4v) is 4.72. The van der Waals surface area contributed by atoms with E-state index in [1.165, 1.54) is 0 Å². The van der Waals surface area contributed by atoms with Crippen LogP contribution in [0.3, 0.4) is 0 Å². The molecule has 4 rings (SSSR count). The number of aromatic nitrogens is 3. The van der Waals surface area contributed by atoms with E-state index in [4.69, 9.17) is 11.6 Å². The van der Waals surface area contributed by atoms with Gasteiger partial charge in [-0.25, -0.2) is 9.78 Å². The molecule has 9 nitrogen and oxygen atoms in total. The largest absolute Gasteiger partial charge is 0.368 e. The van der Waals surface area contributed by atoms with E-state index in [9.17, 15) is 14.4 Å². The predicted molar refractivity (Wildman–Crippen MR) is 138 cm³/mol. The van der Waals surface area contributed by atoms with Crippen molar-refractivity contribution in [3.63, 3.8) is 0 Å². The number of benzene rings is 1. The highest BCUT2D eigenvalue weighted by atomic mass is 35.5. The number of imidazole rings is 1. The molecular weight excluding hydrogens is 468 g/mol. The van der Waals surface area contributed by atoms with Crippen molar-refractivity contribution in [1.29, 1.82) is 0 Å². The number of halogens is 1. The summed E-state index contributed by atoms with van der Waals surface area (Å²) in [6.45, 7) is 9.53. The number of pyridine rings is 1. The highest BCUT2D eigenvalue weighted by Crippen LogP contribution is 2.25. The van der Waals surface area contributed by atoms with E-state index >= 15 is 0 Å². The summed E-state index contributed by atoms with van der Waals surface area (Å²) < 4.78 is 3.24. The van der Waals surface area contributed by atoms with Gasteiger partial charge >= 0.3 is 5.69 Å². The molecule has 0 aliphatic carbocycles. The number of nitrogens with zero attached hydrogens (tertiary/aromatic N) is 5. The molecule has 35 heavy (non-hydrogen) atoms. The summed E-state index contributed by atoms with van der Waals surface area (Å²) >= 11 is 6.15. The fourth-order valence-electron chi connectivity index (χ4n) is 4.55. The van der Waals surface area contributed by atoms with Crippen molar-refractivity contribution in [3.05, 3.63) is 51.4 Å². The van der Waals surface area contributed by atoms with Crippen molar-refractivity contribution in [2.75, 3.05) is 36.4 Å². The van der Waals surface area contributed by atoms with Gasteiger partial charge in [0.15, 0.2) is 5.65 Å². The van der Waals surface area contributed by atoms with E-state index < -0.39 is 0 Å². The monoisotopic (exact) mass is 498 g/mol. The molecule has 1 N–H and O–H groups in total. The summed E-state index contributed by atoms with van der Waals surface area (Å²) in [4.78, 5) is 46.2. The second-order valence-electron chi connectivity index (χ2n) is 8.66. The lowest BCUT2D eigenvalue weighted by molar-refractivity contribution is -0.133. The summed E-state index contributed by atoms with van der Waals surface area (Å²) in [5.41, 5.74) is 3.41. The van der Waals surface area contributed by atoms with Crippen molar-refractivity contribution in [1.82, 2.24) is 19.0 Å². The van der Waals surface area contributed by atoms with Gasteiger partial charge in [-0.3, -0.25) is 18.7 Å². The Hall–Kier alpha value is -3.33. The van der Waals surface area contributed by atoms with E-state index in [1.54, 1.807) is 26.2 Å². The maximum absolute atomic E-state index is 12.7. The van der Waals surface area contributed by atoms with E-state index in [0.29, 0.717) is 42.7 Å². The molecule has 2 aromatic heterocycles. The van der Waals surface area contributed by atoms with E-state index in [0.717, 1.165) is 29.9 Å². The Morgan fingerprint density at radius 3 is 2.40 bits per heavy atom. The lowest BCUT2D eigenvalue weighted by atomic mass is 10.1. The Kier molecular flexibility index (Phi) is 7.45. The molecule has 1 aliphatic heterocycles. The first-order valence-electron chi connectivity index (χ1n) is 12.0. The summed E-state index contributed by atoms with van der Waals surface area (Å²) in [5, 5.41) is 3.46. The van der Waals surface area contributed by atoms with Crippen LogP contribution >= 0.6 is 11.6 Å². The van der Waals surface area contributed by atoms with Crippen LogP contribution in [0.15, 0.2) is 35.1 Å². The summed E-state index contributed by atoms with van der Waals surface area (Å²) in [6.07, 6.45) is 0.207. The molecule has 0 atom stereocenters. The third-order valence-electron chi connectivity index (χ3n) is 6.47. The molecule has 3 aromatic rings. The van der Waals surface area contributed by atoms with Crippen LogP contribution < -0.4 is 15.9 Å². The SMILES string of the molecule is CCn1c(=O)n(CC)c2nc(NC(=O)CCC(=O)N3CCN(c4cc(Cl)ccc4C)CC3)ccc21. The lowest BCUT2D eigenvalue weighted by Gasteiger charge is -2.37. The Bertz CT molecular complexity index is 1310. The zero-order valence-electron chi connectivity index (χ0n) is 20.4. The van der Waals surface area contributed by atoms with Crippen LogP contribution in [0.2, 0.25) is 5.02 Å². The molecule has 0 unspecified atom stereocenters. The van der Waals surface area contributed by atoms with Gasteiger partial charge in [-0.05, 0) is 50.6 Å². The molecule has 1 aromatic carbocycles. The second-order valence-corrected chi connectivity index (χ2v) is 9.09. The molecule has 2 amide bonds. The lowest BCUT2D eigenvalue weighted by Crippen LogP contribution is -2.49. The molecule has 0 saturated carbocycles. The van der Waals surface area contributed by atoms with Crippen LogP contribution in [0, 0.1) is 6.92 Å². The third-order valence-corrected chi connectivity index (χ3v) is 6.71. The van der Waals surface area contributed by atoms with Crippen LogP contribution in [-0.4, -0.2) is 57.0 Å². The van der Waals surface area contributed by atoms with Crippen LogP contribution in [0.1, 0.15) is 32.3 Å². The number of carbonyl (C=O) groups excluding carboxylic acids is 2. The average Bonchev–Trinajstić information content (AvgIpc) is 3.13. The van der Waals surface area contributed by atoms with Crippen molar-refractivity contribution in [2.45, 2.75) is 46.7 Å². The number of hydrogen-bond acceptors (Lipinski definition) is 5. The molecule has 0 bridgehead atoms. The standard InChI is InChI=1S/C25H31ClN6O3/c1-4-31-19-8-9-21(28-24(19)32(5-2)25(31)35)27-22(33)10-11-23(34)30-14-12-29(13-15-30)20-16-18(26)7-6-17(20)3/h6-9,16H,4-5,10-15H2,1-3H3,(H,27,28,33). The van der Waals surface area contributed by atoms with Gasteiger partial charge in [0.25, 0.3) is 0 Å². The normalized spacial score (nSPS) is 13.9. The van der Waals surface area contributed by atoms with Crippen LogP contribution in [0.25, 0.3) is 11.2 Å². The number of amides is 2. The van der Waals surface area contributed by atoms with Gasteiger partial charge in [0.1, 0.15) is 5.82 Å². The Balaban J connectivity index is 1.31. The number of rotatable bonds is 7. The van der Waals surface area contributed by atoms with Crippen molar-refractivity contribution in [2.24, 2.45) is 0 Å². The first kappa shape index (κ1) is 24.8. The number of piperazine rings is 1. The minimum Gasteiger partial charge on any atom is -0.368 e. The van der Waals surface area contributed by atoms with Gasteiger partial charge < -0.3 is 15.1 Å². The zero-order chi connectivity index (χ0) is 25.1. The van der Waals surface area contributed by atoms with Gasteiger partial charge in [-0.2, -0.15) is 0 Å². The number of anilines is 2. The fraction of sp³-hybridized carbons (Fsp3) is 0.440. The van der Waals surface area contributed by atoms with Gasteiger partial charge in [-0.15, -0.1) is 0 Å². The second kappa shape index (κ2) is 10.5. The van der Waals surface area contributed by atoms with Gasteiger partial charge in [0.2, 0.25) is 11.8 Å². The molecule has 0 radical (unpaired) electrons. The molecule has 0 spiro atoms.